The molecule has 1 N–H and O–H groups in total. The molecule has 0 spiro atoms. The number of benzene rings is 1. The summed E-state index contributed by atoms with van der Waals surface area (Å²) in [5, 5.41) is 3.27. The van der Waals surface area contributed by atoms with Gasteiger partial charge in [0.25, 0.3) is 0 Å². The third kappa shape index (κ3) is 3.42. The van der Waals surface area contributed by atoms with Crippen molar-refractivity contribution in [1.29, 1.82) is 0 Å². The molecule has 0 atom stereocenters. The maximum atomic E-state index is 12.2. The lowest BCUT2D eigenvalue weighted by Gasteiger charge is -2.16. The molecule has 0 aliphatic heterocycles. The van der Waals surface area contributed by atoms with E-state index in [4.69, 9.17) is 11.6 Å². The molecule has 3 nitrogen and oxygen atoms in total. The Bertz CT molecular complexity index is 538. The number of anilines is 1. The van der Waals surface area contributed by atoms with Crippen molar-refractivity contribution in [3.05, 3.63) is 24.3 Å². The quantitative estimate of drug-likeness (QED) is 0.786. The molecule has 19 heavy (non-hydrogen) atoms. The Morgan fingerprint density at radius 2 is 2.00 bits per heavy atom. The lowest BCUT2D eigenvalue weighted by atomic mass is 10.1. The fourth-order valence-electron chi connectivity index (χ4n) is 2.08. The van der Waals surface area contributed by atoms with E-state index in [-0.39, 0.29) is 11.2 Å². The fourth-order valence-corrected chi connectivity index (χ4v) is 3.96. The maximum absolute atomic E-state index is 12.2. The molecule has 0 aromatic heterocycles. The molecule has 1 saturated carbocycles. The first-order valence-electron chi connectivity index (χ1n) is 6.65. The minimum absolute atomic E-state index is 0.170. The molecule has 1 aliphatic rings. The van der Waals surface area contributed by atoms with Crippen LogP contribution < -0.4 is 5.32 Å². The number of halogens is 1. The van der Waals surface area contributed by atoms with Gasteiger partial charge in [0.15, 0.2) is 9.84 Å². The topological polar surface area (TPSA) is 46.2 Å². The molecule has 0 saturated heterocycles. The van der Waals surface area contributed by atoms with E-state index in [1.165, 1.54) is 0 Å². The smallest absolute Gasteiger partial charge is 0.180 e. The van der Waals surface area contributed by atoms with E-state index in [2.05, 4.69) is 5.32 Å². The Hall–Kier alpha value is -0.740. The highest BCUT2D eigenvalue weighted by molar-refractivity contribution is 7.91. The van der Waals surface area contributed by atoms with Gasteiger partial charge in [-0.25, -0.2) is 8.42 Å². The van der Waals surface area contributed by atoms with E-state index in [0.29, 0.717) is 22.9 Å². The minimum atomic E-state index is -3.19. The van der Waals surface area contributed by atoms with Crippen LogP contribution in [0.1, 0.15) is 26.2 Å². The highest BCUT2D eigenvalue weighted by Gasteiger charge is 2.41. The van der Waals surface area contributed by atoms with Crippen LogP contribution in [0.25, 0.3) is 0 Å². The summed E-state index contributed by atoms with van der Waals surface area (Å²) in [6.45, 7) is 2.62. The van der Waals surface area contributed by atoms with Gasteiger partial charge in [0.05, 0.1) is 16.3 Å². The van der Waals surface area contributed by atoms with Crippen molar-refractivity contribution in [2.24, 2.45) is 5.41 Å². The minimum Gasteiger partial charge on any atom is -0.383 e. The van der Waals surface area contributed by atoms with E-state index in [9.17, 15) is 8.42 Å². The predicted molar refractivity (Wildman–Crippen MR) is 79.7 cm³/mol. The van der Waals surface area contributed by atoms with Crippen molar-refractivity contribution in [1.82, 2.24) is 0 Å². The average Bonchev–Trinajstić information content (AvgIpc) is 3.17. The summed E-state index contributed by atoms with van der Waals surface area (Å²) < 4.78 is 24.4. The Balaban J connectivity index is 2.17. The van der Waals surface area contributed by atoms with Crippen LogP contribution in [0.2, 0.25) is 0 Å². The summed E-state index contributed by atoms with van der Waals surface area (Å²) in [5.41, 5.74) is 0.871. The Kier molecular flexibility index (Phi) is 4.41. The number of rotatable bonds is 7. The maximum Gasteiger partial charge on any atom is 0.180 e. The molecule has 0 radical (unpaired) electrons. The normalized spacial score (nSPS) is 17.2. The zero-order valence-corrected chi connectivity index (χ0v) is 12.7. The van der Waals surface area contributed by atoms with Gasteiger partial charge in [-0.05, 0) is 31.4 Å². The monoisotopic (exact) mass is 301 g/mol. The van der Waals surface area contributed by atoms with Crippen LogP contribution in [0, 0.1) is 5.41 Å². The molecule has 0 unspecified atom stereocenters. The number of hydrogen-bond donors (Lipinski definition) is 1. The molecule has 1 aromatic carbocycles. The summed E-state index contributed by atoms with van der Waals surface area (Å²) in [6, 6.07) is 7.12. The van der Waals surface area contributed by atoms with Crippen molar-refractivity contribution in [3.8, 4) is 0 Å². The van der Waals surface area contributed by atoms with Crippen LogP contribution in [0.3, 0.4) is 0 Å². The number of para-hydroxylation sites is 1. The molecule has 1 fully saturated rings. The van der Waals surface area contributed by atoms with E-state index >= 15 is 0 Å². The van der Waals surface area contributed by atoms with Crippen molar-refractivity contribution in [3.63, 3.8) is 0 Å². The molecule has 0 bridgehead atoms. The van der Waals surface area contributed by atoms with E-state index in [0.717, 1.165) is 19.4 Å². The van der Waals surface area contributed by atoms with Crippen LogP contribution in [0.15, 0.2) is 29.2 Å². The van der Waals surface area contributed by atoms with Gasteiger partial charge in [0, 0.05) is 17.8 Å². The molecule has 2 rings (SSSR count). The number of nitrogens with one attached hydrogen (secondary N) is 1. The Morgan fingerprint density at radius 3 is 2.58 bits per heavy atom. The standard InChI is InChI=1S/C14H20ClNO2S/c1-2-9-19(17,18)13-6-4-3-5-12(13)16-11-14(10-15)7-8-14/h3-6,16H,2,7-11H2,1H3. The van der Waals surface area contributed by atoms with E-state index in [1.54, 1.807) is 12.1 Å². The second-order valence-corrected chi connectivity index (χ2v) is 7.65. The molecular weight excluding hydrogens is 282 g/mol. The molecule has 0 heterocycles. The van der Waals surface area contributed by atoms with Gasteiger partial charge < -0.3 is 5.32 Å². The summed E-state index contributed by atoms with van der Waals surface area (Å²) in [6.07, 6.45) is 2.86. The number of hydrogen-bond acceptors (Lipinski definition) is 3. The van der Waals surface area contributed by atoms with Crippen molar-refractivity contribution < 1.29 is 8.42 Å². The number of alkyl halides is 1. The second-order valence-electron chi connectivity index (χ2n) is 5.30. The number of sulfone groups is 1. The zero-order chi connectivity index (χ0) is 13.9. The van der Waals surface area contributed by atoms with Gasteiger partial charge in [-0.1, -0.05) is 19.1 Å². The highest BCUT2D eigenvalue weighted by Crippen LogP contribution is 2.46. The van der Waals surface area contributed by atoms with Crippen LogP contribution in [0.5, 0.6) is 0 Å². The summed E-state index contributed by atoms with van der Waals surface area (Å²) in [5.74, 6) is 0.816. The van der Waals surface area contributed by atoms with Crippen LogP contribution >= 0.6 is 11.6 Å². The van der Waals surface area contributed by atoms with Gasteiger partial charge in [-0.15, -0.1) is 11.6 Å². The lowest BCUT2D eigenvalue weighted by molar-refractivity contribution is 0.593. The second kappa shape index (κ2) is 5.71. The van der Waals surface area contributed by atoms with E-state index < -0.39 is 9.84 Å². The third-order valence-electron chi connectivity index (χ3n) is 3.59. The van der Waals surface area contributed by atoms with Gasteiger partial charge in [-0.2, -0.15) is 0 Å². The fraction of sp³-hybridized carbons (Fsp3) is 0.571. The Morgan fingerprint density at radius 1 is 1.32 bits per heavy atom. The first kappa shape index (κ1) is 14.7. The zero-order valence-electron chi connectivity index (χ0n) is 11.2. The molecule has 0 amide bonds. The molecular formula is C14H20ClNO2S. The SMILES string of the molecule is CCCS(=O)(=O)c1ccccc1NCC1(CCl)CC1. The largest absolute Gasteiger partial charge is 0.383 e. The summed E-state index contributed by atoms with van der Waals surface area (Å²) in [7, 11) is -3.19. The van der Waals surface area contributed by atoms with Gasteiger partial charge in [-0.3, -0.25) is 0 Å². The van der Waals surface area contributed by atoms with Crippen LogP contribution in [-0.4, -0.2) is 26.6 Å². The van der Waals surface area contributed by atoms with Crippen LogP contribution in [0.4, 0.5) is 5.69 Å². The van der Waals surface area contributed by atoms with Gasteiger partial charge in [0.1, 0.15) is 0 Å². The average molecular weight is 302 g/mol. The molecule has 106 valence electrons. The van der Waals surface area contributed by atoms with E-state index in [1.807, 2.05) is 19.1 Å². The molecule has 5 heteroatoms. The lowest BCUT2D eigenvalue weighted by Crippen LogP contribution is -2.18. The predicted octanol–water partition coefficient (Wildman–Crippen LogP) is 3.30. The van der Waals surface area contributed by atoms with Crippen molar-refractivity contribution in [2.75, 3.05) is 23.5 Å². The van der Waals surface area contributed by atoms with Gasteiger partial charge >= 0.3 is 0 Å². The Labute approximate surface area is 120 Å². The summed E-state index contributed by atoms with van der Waals surface area (Å²) >= 11 is 5.94. The van der Waals surface area contributed by atoms with Crippen molar-refractivity contribution in [2.45, 2.75) is 31.1 Å². The van der Waals surface area contributed by atoms with Crippen molar-refractivity contribution >= 4 is 27.1 Å². The van der Waals surface area contributed by atoms with Gasteiger partial charge in [0.2, 0.25) is 0 Å². The third-order valence-corrected chi connectivity index (χ3v) is 6.13. The first-order chi connectivity index (χ1) is 9.03. The summed E-state index contributed by atoms with van der Waals surface area (Å²) in [4.78, 5) is 0.405. The molecule has 1 aliphatic carbocycles. The first-order valence-corrected chi connectivity index (χ1v) is 8.83. The highest BCUT2D eigenvalue weighted by atomic mass is 35.5. The van der Waals surface area contributed by atoms with Crippen LogP contribution in [-0.2, 0) is 9.84 Å². The molecule has 1 aromatic rings.